The number of nitrogens with two attached hydrogens (primary N) is 1. The molecule has 0 aliphatic rings. The van der Waals surface area contributed by atoms with E-state index in [-0.39, 0.29) is 0 Å². The van der Waals surface area contributed by atoms with E-state index in [9.17, 15) is 0 Å². The fourth-order valence-electron chi connectivity index (χ4n) is 0.976. The number of hydrogen-bond acceptors (Lipinski definition) is 1. The zero-order valence-corrected chi connectivity index (χ0v) is 7.03. The quantitative estimate of drug-likeness (QED) is 0.501. The highest BCUT2D eigenvalue weighted by Crippen LogP contribution is 1.90. The van der Waals surface area contributed by atoms with Crippen molar-refractivity contribution in [1.82, 2.24) is 0 Å². The molecule has 2 nitrogen and oxygen atoms in total. The second-order valence-corrected chi connectivity index (χ2v) is 2.61. The van der Waals surface area contributed by atoms with E-state index in [1.165, 1.54) is 0 Å². The maximum Gasteiger partial charge on any atom is 0.170 e. The molecule has 1 heterocycles. The zero-order chi connectivity index (χ0) is 8.81. The highest BCUT2D eigenvalue weighted by atomic mass is 14.9. The van der Waals surface area contributed by atoms with Crippen molar-refractivity contribution in [2.45, 2.75) is 13.0 Å². The molecule has 0 atom stereocenters. The first-order chi connectivity index (χ1) is 5.86. The van der Waals surface area contributed by atoms with E-state index in [1.54, 1.807) is 0 Å². The molecule has 1 aromatic heterocycles. The topological polar surface area (TPSA) is 29.9 Å². The molecule has 1 aromatic rings. The SMILES string of the molecule is C#Cc1cc[n+](CCCN)cc1. The van der Waals surface area contributed by atoms with Crippen LogP contribution >= 0.6 is 0 Å². The lowest BCUT2D eigenvalue weighted by molar-refractivity contribution is -0.697. The Morgan fingerprint density at radius 3 is 2.58 bits per heavy atom. The lowest BCUT2D eigenvalue weighted by Gasteiger charge is -1.94. The van der Waals surface area contributed by atoms with Crippen LogP contribution in [-0.2, 0) is 6.54 Å². The summed E-state index contributed by atoms with van der Waals surface area (Å²) in [5.41, 5.74) is 6.30. The number of hydrogen-bond donors (Lipinski definition) is 1. The van der Waals surface area contributed by atoms with Gasteiger partial charge in [0, 0.05) is 24.1 Å². The third kappa shape index (κ3) is 2.37. The van der Waals surface area contributed by atoms with Crippen LogP contribution in [0.3, 0.4) is 0 Å². The van der Waals surface area contributed by atoms with Crippen LogP contribution in [0, 0.1) is 12.3 Å². The second kappa shape index (κ2) is 4.53. The molecule has 0 amide bonds. The van der Waals surface area contributed by atoms with Crippen molar-refractivity contribution in [2.24, 2.45) is 5.73 Å². The Morgan fingerprint density at radius 1 is 1.42 bits per heavy atom. The van der Waals surface area contributed by atoms with E-state index in [4.69, 9.17) is 12.2 Å². The number of terminal acetylenes is 1. The summed E-state index contributed by atoms with van der Waals surface area (Å²) in [5.74, 6) is 2.57. The molecule has 62 valence electrons. The maximum absolute atomic E-state index is 5.39. The second-order valence-electron chi connectivity index (χ2n) is 2.61. The molecule has 0 radical (unpaired) electrons. The molecule has 0 aromatic carbocycles. The predicted octanol–water partition coefficient (Wildman–Crippen LogP) is 0.304. The summed E-state index contributed by atoms with van der Waals surface area (Å²) in [7, 11) is 0. The summed E-state index contributed by atoms with van der Waals surface area (Å²) >= 11 is 0. The minimum absolute atomic E-state index is 0.726. The van der Waals surface area contributed by atoms with Gasteiger partial charge < -0.3 is 5.73 Å². The molecule has 1 rings (SSSR count). The number of nitrogens with zero attached hydrogens (tertiary/aromatic N) is 1. The first-order valence-electron chi connectivity index (χ1n) is 4.02. The zero-order valence-electron chi connectivity index (χ0n) is 7.03. The van der Waals surface area contributed by atoms with Gasteiger partial charge in [0.05, 0.1) is 0 Å². The summed E-state index contributed by atoms with van der Waals surface area (Å²) in [4.78, 5) is 0. The summed E-state index contributed by atoms with van der Waals surface area (Å²) < 4.78 is 2.08. The first kappa shape index (κ1) is 8.76. The van der Waals surface area contributed by atoms with Crippen molar-refractivity contribution in [3.05, 3.63) is 30.1 Å². The van der Waals surface area contributed by atoms with Gasteiger partial charge in [-0.05, 0) is 6.54 Å². The molecule has 0 aliphatic heterocycles. The summed E-state index contributed by atoms with van der Waals surface area (Å²) in [5, 5.41) is 0. The minimum atomic E-state index is 0.726. The van der Waals surface area contributed by atoms with E-state index >= 15 is 0 Å². The minimum Gasteiger partial charge on any atom is -0.330 e. The fourth-order valence-corrected chi connectivity index (χ4v) is 0.976. The largest absolute Gasteiger partial charge is 0.330 e. The van der Waals surface area contributed by atoms with Crippen molar-refractivity contribution in [2.75, 3.05) is 6.54 Å². The predicted molar refractivity (Wildman–Crippen MR) is 48.2 cm³/mol. The highest BCUT2D eigenvalue weighted by molar-refractivity contribution is 5.27. The van der Waals surface area contributed by atoms with Crippen LogP contribution in [0.25, 0.3) is 0 Å². The van der Waals surface area contributed by atoms with Crippen LogP contribution in [0.4, 0.5) is 0 Å². The van der Waals surface area contributed by atoms with Gasteiger partial charge >= 0.3 is 0 Å². The standard InChI is InChI=1S/C10H13N2/c1-2-10-4-8-12(9-5-10)7-3-6-11/h1,4-5,8-9H,3,6-7,11H2/q+1. The Kier molecular flexibility index (Phi) is 3.31. The Balaban J connectivity index is 2.60. The smallest absolute Gasteiger partial charge is 0.170 e. The van der Waals surface area contributed by atoms with Gasteiger partial charge in [-0.25, -0.2) is 4.57 Å². The van der Waals surface area contributed by atoms with E-state index in [0.717, 1.165) is 25.1 Å². The monoisotopic (exact) mass is 161 g/mol. The van der Waals surface area contributed by atoms with Crippen molar-refractivity contribution in [1.29, 1.82) is 0 Å². The Morgan fingerprint density at radius 2 is 2.08 bits per heavy atom. The van der Waals surface area contributed by atoms with Gasteiger partial charge in [0.1, 0.15) is 6.54 Å². The van der Waals surface area contributed by atoms with E-state index in [1.807, 2.05) is 24.5 Å². The third-order valence-corrected chi connectivity index (χ3v) is 1.68. The van der Waals surface area contributed by atoms with Crippen molar-refractivity contribution < 1.29 is 4.57 Å². The Bertz CT molecular complexity index is 269. The molecule has 2 heteroatoms. The van der Waals surface area contributed by atoms with Gasteiger partial charge in [0.25, 0.3) is 0 Å². The molecule has 0 fully saturated rings. The van der Waals surface area contributed by atoms with Crippen LogP contribution in [0.5, 0.6) is 0 Å². The normalized spacial score (nSPS) is 9.33. The van der Waals surface area contributed by atoms with Crippen molar-refractivity contribution in [3.63, 3.8) is 0 Å². The highest BCUT2D eigenvalue weighted by Gasteiger charge is 1.97. The summed E-state index contributed by atoms with van der Waals surface area (Å²) in [6, 6.07) is 3.85. The first-order valence-corrected chi connectivity index (χ1v) is 4.02. The molecule has 0 spiro atoms. The average Bonchev–Trinajstić information content (AvgIpc) is 2.15. The molecule has 2 N–H and O–H groups in total. The molecule has 0 saturated heterocycles. The number of pyridine rings is 1. The van der Waals surface area contributed by atoms with Gasteiger partial charge in [-0.15, -0.1) is 6.42 Å². The molecule has 0 aliphatic carbocycles. The van der Waals surface area contributed by atoms with E-state index < -0.39 is 0 Å². The van der Waals surface area contributed by atoms with Gasteiger partial charge in [-0.3, -0.25) is 0 Å². The van der Waals surface area contributed by atoms with E-state index in [0.29, 0.717) is 0 Å². The van der Waals surface area contributed by atoms with Crippen LogP contribution < -0.4 is 10.3 Å². The third-order valence-electron chi connectivity index (χ3n) is 1.68. The fraction of sp³-hybridized carbons (Fsp3) is 0.300. The van der Waals surface area contributed by atoms with Crippen molar-refractivity contribution >= 4 is 0 Å². The maximum atomic E-state index is 5.39. The molecular formula is C10H13N2+. The Labute approximate surface area is 73.0 Å². The lowest BCUT2D eigenvalue weighted by atomic mass is 10.3. The Hall–Kier alpha value is -1.33. The molecule has 12 heavy (non-hydrogen) atoms. The summed E-state index contributed by atoms with van der Waals surface area (Å²) in [6.07, 6.45) is 10.2. The summed E-state index contributed by atoms with van der Waals surface area (Å²) in [6.45, 7) is 1.69. The van der Waals surface area contributed by atoms with Crippen LogP contribution in [-0.4, -0.2) is 6.54 Å². The molecule has 0 bridgehead atoms. The van der Waals surface area contributed by atoms with Crippen molar-refractivity contribution in [3.8, 4) is 12.3 Å². The molecule has 0 unspecified atom stereocenters. The van der Waals surface area contributed by atoms with Crippen LogP contribution in [0.15, 0.2) is 24.5 Å². The number of rotatable bonds is 3. The number of aromatic nitrogens is 1. The lowest BCUT2D eigenvalue weighted by Crippen LogP contribution is -2.33. The molecular weight excluding hydrogens is 148 g/mol. The van der Waals surface area contributed by atoms with Gasteiger partial charge in [-0.2, -0.15) is 0 Å². The molecule has 0 saturated carbocycles. The van der Waals surface area contributed by atoms with Gasteiger partial charge in [0.15, 0.2) is 12.4 Å². The van der Waals surface area contributed by atoms with Crippen LogP contribution in [0.1, 0.15) is 12.0 Å². The average molecular weight is 161 g/mol. The van der Waals surface area contributed by atoms with Crippen LogP contribution in [0.2, 0.25) is 0 Å². The van der Waals surface area contributed by atoms with E-state index in [2.05, 4.69) is 10.5 Å². The number of aryl methyl sites for hydroxylation is 1. The van der Waals surface area contributed by atoms with Gasteiger partial charge in [0.2, 0.25) is 0 Å². The van der Waals surface area contributed by atoms with Gasteiger partial charge in [-0.1, -0.05) is 5.92 Å².